The Bertz CT molecular complexity index is 390. The van der Waals surface area contributed by atoms with Gasteiger partial charge in [0, 0.05) is 25.3 Å². The molecule has 0 unspecified atom stereocenters. The first-order chi connectivity index (χ1) is 8.56. The van der Waals surface area contributed by atoms with E-state index in [1.54, 1.807) is 0 Å². The highest BCUT2D eigenvalue weighted by molar-refractivity contribution is 5.55. The van der Waals surface area contributed by atoms with Gasteiger partial charge in [-0.25, -0.2) is 0 Å². The van der Waals surface area contributed by atoms with E-state index >= 15 is 0 Å². The van der Waals surface area contributed by atoms with E-state index in [1.807, 2.05) is 18.2 Å². The number of fused-ring (bicyclic) bond motifs is 1. The van der Waals surface area contributed by atoms with Crippen molar-refractivity contribution in [2.24, 2.45) is 0 Å². The van der Waals surface area contributed by atoms with E-state index in [0.717, 1.165) is 25.1 Å². The summed E-state index contributed by atoms with van der Waals surface area (Å²) < 4.78 is 36.0. The predicted molar refractivity (Wildman–Crippen MR) is 65.9 cm³/mol. The monoisotopic (exact) mass is 258 g/mol. The van der Waals surface area contributed by atoms with Gasteiger partial charge in [-0.2, -0.15) is 13.2 Å². The topological polar surface area (TPSA) is 15.3 Å². The van der Waals surface area contributed by atoms with Gasteiger partial charge in [-0.3, -0.25) is 0 Å². The summed E-state index contributed by atoms with van der Waals surface area (Å²) in [6.07, 6.45) is -2.00. The Labute approximate surface area is 105 Å². The molecule has 5 heteroatoms. The maximum Gasteiger partial charge on any atom is 0.401 e. The van der Waals surface area contributed by atoms with Crippen molar-refractivity contribution in [3.05, 3.63) is 29.8 Å². The Balaban J connectivity index is 1.84. The number of aryl methyl sites for hydroxylation is 1. The second kappa shape index (κ2) is 5.61. The molecule has 1 heterocycles. The second-order valence-corrected chi connectivity index (χ2v) is 4.51. The molecule has 0 amide bonds. The molecule has 1 N–H and O–H groups in total. The van der Waals surface area contributed by atoms with E-state index in [0.29, 0.717) is 13.1 Å². The number of nitrogens with zero attached hydrogens (tertiary/aromatic N) is 1. The first-order valence-corrected chi connectivity index (χ1v) is 6.16. The van der Waals surface area contributed by atoms with Gasteiger partial charge in [-0.1, -0.05) is 18.2 Å². The van der Waals surface area contributed by atoms with Gasteiger partial charge in [0.2, 0.25) is 0 Å². The number of anilines is 1. The number of rotatable bonds is 4. The van der Waals surface area contributed by atoms with Crippen molar-refractivity contribution in [2.45, 2.75) is 19.0 Å². The first kappa shape index (κ1) is 13.2. The van der Waals surface area contributed by atoms with Gasteiger partial charge >= 0.3 is 6.18 Å². The molecule has 0 fully saturated rings. The molecule has 0 atom stereocenters. The molecule has 1 aliphatic heterocycles. The largest absolute Gasteiger partial charge is 0.401 e. The van der Waals surface area contributed by atoms with Gasteiger partial charge in [0.25, 0.3) is 0 Å². The van der Waals surface area contributed by atoms with Crippen LogP contribution in [-0.4, -0.2) is 32.4 Å². The summed E-state index contributed by atoms with van der Waals surface area (Å²) in [7, 11) is 0. The number of hydrogen-bond donors (Lipinski definition) is 1. The Morgan fingerprint density at radius 3 is 2.78 bits per heavy atom. The quantitative estimate of drug-likeness (QED) is 0.835. The highest BCUT2D eigenvalue weighted by atomic mass is 19.4. The summed E-state index contributed by atoms with van der Waals surface area (Å²) in [6, 6.07) is 8.10. The lowest BCUT2D eigenvalue weighted by atomic mass is 10.0. The van der Waals surface area contributed by atoms with Gasteiger partial charge in [0.1, 0.15) is 0 Å². The van der Waals surface area contributed by atoms with E-state index in [-0.39, 0.29) is 0 Å². The average Bonchev–Trinajstić information content (AvgIpc) is 2.33. The molecule has 2 nitrogen and oxygen atoms in total. The maximum absolute atomic E-state index is 12.0. The number of nitrogens with one attached hydrogen (secondary N) is 1. The van der Waals surface area contributed by atoms with Crippen LogP contribution < -0.4 is 10.2 Å². The van der Waals surface area contributed by atoms with Crippen LogP contribution in [0.1, 0.15) is 12.0 Å². The average molecular weight is 258 g/mol. The Hall–Kier alpha value is -1.23. The number of halogens is 3. The Morgan fingerprint density at radius 1 is 1.22 bits per heavy atom. The number of para-hydroxylation sites is 1. The minimum atomic E-state index is -4.13. The molecule has 0 saturated heterocycles. The lowest BCUT2D eigenvalue weighted by molar-refractivity contribution is -0.124. The molecule has 1 aliphatic rings. The Kier molecular flexibility index (Phi) is 4.11. The molecule has 1 aromatic rings. The molecule has 0 radical (unpaired) electrons. The molecule has 0 saturated carbocycles. The zero-order valence-electron chi connectivity index (χ0n) is 10.1. The third kappa shape index (κ3) is 3.63. The third-order valence-corrected chi connectivity index (χ3v) is 3.09. The lowest BCUT2D eigenvalue weighted by Gasteiger charge is -2.31. The van der Waals surface area contributed by atoms with Crippen LogP contribution in [0.2, 0.25) is 0 Å². The van der Waals surface area contributed by atoms with Crippen molar-refractivity contribution in [2.75, 3.05) is 31.1 Å². The van der Waals surface area contributed by atoms with Crippen molar-refractivity contribution in [3.63, 3.8) is 0 Å². The van der Waals surface area contributed by atoms with Crippen molar-refractivity contribution in [1.82, 2.24) is 5.32 Å². The molecular weight excluding hydrogens is 241 g/mol. The van der Waals surface area contributed by atoms with E-state index in [1.165, 1.54) is 5.56 Å². The molecule has 0 spiro atoms. The molecule has 0 bridgehead atoms. The highest BCUT2D eigenvalue weighted by Crippen LogP contribution is 2.26. The maximum atomic E-state index is 12.0. The smallest absolute Gasteiger partial charge is 0.370 e. The van der Waals surface area contributed by atoms with E-state index in [4.69, 9.17) is 0 Å². The second-order valence-electron chi connectivity index (χ2n) is 4.51. The van der Waals surface area contributed by atoms with E-state index < -0.39 is 12.7 Å². The van der Waals surface area contributed by atoms with Crippen molar-refractivity contribution < 1.29 is 13.2 Å². The summed E-state index contributed by atoms with van der Waals surface area (Å²) in [5.74, 6) is 0. The Morgan fingerprint density at radius 2 is 2.00 bits per heavy atom. The number of benzene rings is 1. The SMILES string of the molecule is FC(F)(F)CNCCN1CCCc2ccccc21. The van der Waals surface area contributed by atoms with Gasteiger partial charge < -0.3 is 10.2 Å². The summed E-state index contributed by atoms with van der Waals surface area (Å²) >= 11 is 0. The minimum absolute atomic E-state index is 0.355. The van der Waals surface area contributed by atoms with Crippen LogP contribution in [0.25, 0.3) is 0 Å². The van der Waals surface area contributed by atoms with Gasteiger partial charge in [-0.05, 0) is 24.5 Å². The van der Waals surface area contributed by atoms with Gasteiger partial charge in [-0.15, -0.1) is 0 Å². The molecule has 1 aromatic carbocycles. The third-order valence-electron chi connectivity index (χ3n) is 3.09. The normalized spacial score (nSPS) is 15.6. The van der Waals surface area contributed by atoms with Crippen LogP contribution in [0.5, 0.6) is 0 Å². The van der Waals surface area contributed by atoms with E-state index in [2.05, 4.69) is 16.3 Å². The minimum Gasteiger partial charge on any atom is -0.370 e. The van der Waals surface area contributed by atoms with Crippen molar-refractivity contribution in [3.8, 4) is 0 Å². The zero-order chi connectivity index (χ0) is 13.0. The van der Waals surface area contributed by atoms with Crippen molar-refractivity contribution >= 4 is 5.69 Å². The van der Waals surface area contributed by atoms with Crippen LogP contribution >= 0.6 is 0 Å². The fourth-order valence-corrected chi connectivity index (χ4v) is 2.29. The van der Waals surface area contributed by atoms with Crippen LogP contribution in [0, 0.1) is 0 Å². The summed E-state index contributed by atoms with van der Waals surface area (Å²) in [4.78, 5) is 2.15. The summed E-state index contributed by atoms with van der Waals surface area (Å²) in [6.45, 7) is 0.980. The van der Waals surface area contributed by atoms with Crippen LogP contribution in [0.4, 0.5) is 18.9 Å². The molecule has 0 aromatic heterocycles. The number of alkyl halides is 3. The first-order valence-electron chi connectivity index (χ1n) is 6.16. The fourth-order valence-electron chi connectivity index (χ4n) is 2.29. The standard InChI is InChI=1S/C13H17F3N2/c14-13(15,16)10-17-7-9-18-8-3-5-11-4-1-2-6-12(11)18/h1-2,4,6,17H,3,5,7-10H2. The number of hydrogen-bond acceptors (Lipinski definition) is 2. The molecular formula is C13H17F3N2. The lowest BCUT2D eigenvalue weighted by Crippen LogP contribution is -2.38. The predicted octanol–water partition coefficient (Wildman–Crippen LogP) is 2.59. The van der Waals surface area contributed by atoms with Crippen molar-refractivity contribution in [1.29, 1.82) is 0 Å². The molecule has 0 aliphatic carbocycles. The molecule has 2 rings (SSSR count). The van der Waals surface area contributed by atoms with Gasteiger partial charge in [0.05, 0.1) is 6.54 Å². The van der Waals surface area contributed by atoms with Gasteiger partial charge in [0.15, 0.2) is 0 Å². The summed E-state index contributed by atoms with van der Waals surface area (Å²) in [5, 5.41) is 2.44. The fraction of sp³-hybridized carbons (Fsp3) is 0.538. The van der Waals surface area contributed by atoms with E-state index in [9.17, 15) is 13.2 Å². The highest BCUT2D eigenvalue weighted by Gasteiger charge is 2.26. The van der Waals surface area contributed by atoms with Crippen LogP contribution in [-0.2, 0) is 6.42 Å². The summed E-state index contributed by atoms with van der Waals surface area (Å²) in [5.41, 5.74) is 2.46. The van der Waals surface area contributed by atoms with Crippen LogP contribution in [0.3, 0.4) is 0 Å². The molecule has 18 heavy (non-hydrogen) atoms. The van der Waals surface area contributed by atoms with Crippen LogP contribution in [0.15, 0.2) is 24.3 Å². The zero-order valence-corrected chi connectivity index (χ0v) is 10.1. The molecule has 100 valence electrons.